The largest absolute Gasteiger partial charge is 0.359 e. The van der Waals surface area contributed by atoms with E-state index >= 15 is 0 Å². The number of urea groups is 1. The van der Waals surface area contributed by atoms with Crippen molar-refractivity contribution in [2.75, 3.05) is 30.8 Å². The molecule has 10 heteroatoms. The standard InChI is InChI=1S/C16H20FN5O4/c1-9(23)20-10-3-4-11(17)12(7-10)21-16(26)22-6-5-19-15(25)13(22)8-14(24)18-2/h3-4,7,13H,5-6,8H2,1-2H3,(H,18,24)(H,19,25)(H,20,23)(H,21,26)/t13-/m0/s1. The first-order chi connectivity index (χ1) is 12.3. The molecule has 0 saturated carbocycles. The van der Waals surface area contributed by atoms with E-state index in [0.29, 0.717) is 5.69 Å². The zero-order valence-electron chi connectivity index (χ0n) is 14.4. The number of amides is 5. The monoisotopic (exact) mass is 365 g/mol. The summed E-state index contributed by atoms with van der Waals surface area (Å²) in [5.41, 5.74) is 0.165. The van der Waals surface area contributed by atoms with Crippen molar-refractivity contribution in [1.82, 2.24) is 15.5 Å². The summed E-state index contributed by atoms with van der Waals surface area (Å²) < 4.78 is 14.0. The molecule has 1 heterocycles. The van der Waals surface area contributed by atoms with Crippen molar-refractivity contribution in [2.24, 2.45) is 0 Å². The molecule has 0 spiro atoms. The first-order valence-electron chi connectivity index (χ1n) is 7.95. The number of anilines is 2. The van der Waals surface area contributed by atoms with E-state index in [0.717, 1.165) is 6.07 Å². The maximum atomic E-state index is 14.0. The fraction of sp³-hybridized carbons (Fsp3) is 0.375. The van der Waals surface area contributed by atoms with Gasteiger partial charge in [0.25, 0.3) is 0 Å². The number of benzene rings is 1. The Kier molecular flexibility index (Phi) is 6.10. The average Bonchev–Trinajstić information content (AvgIpc) is 2.58. The smallest absolute Gasteiger partial charge is 0.322 e. The van der Waals surface area contributed by atoms with Crippen LogP contribution in [0.1, 0.15) is 13.3 Å². The van der Waals surface area contributed by atoms with Crippen LogP contribution < -0.4 is 21.3 Å². The summed E-state index contributed by atoms with van der Waals surface area (Å²) in [6, 6.07) is 2.02. The minimum Gasteiger partial charge on any atom is -0.359 e. The van der Waals surface area contributed by atoms with Crippen LogP contribution in [0.5, 0.6) is 0 Å². The maximum Gasteiger partial charge on any atom is 0.322 e. The number of halogens is 1. The van der Waals surface area contributed by atoms with Crippen molar-refractivity contribution in [2.45, 2.75) is 19.4 Å². The summed E-state index contributed by atoms with van der Waals surface area (Å²) in [4.78, 5) is 48.4. The lowest BCUT2D eigenvalue weighted by Crippen LogP contribution is -2.59. The Bertz CT molecular complexity index is 739. The molecule has 5 amide bonds. The Morgan fingerprint density at radius 3 is 2.69 bits per heavy atom. The van der Waals surface area contributed by atoms with Gasteiger partial charge in [0.1, 0.15) is 11.9 Å². The van der Waals surface area contributed by atoms with Gasteiger partial charge in [-0.05, 0) is 18.2 Å². The molecule has 4 N–H and O–H groups in total. The van der Waals surface area contributed by atoms with E-state index in [-0.39, 0.29) is 31.1 Å². The number of rotatable bonds is 4. The first kappa shape index (κ1) is 19.2. The van der Waals surface area contributed by atoms with Gasteiger partial charge in [-0.25, -0.2) is 9.18 Å². The van der Waals surface area contributed by atoms with Gasteiger partial charge in [-0.2, -0.15) is 0 Å². The van der Waals surface area contributed by atoms with E-state index in [1.807, 2.05) is 0 Å². The molecule has 1 saturated heterocycles. The van der Waals surface area contributed by atoms with Crippen LogP contribution in [0.15, 0.2) is 18.2 Å². The Balaban J connectivity index is 2.17. The van der Waals surface area contributed by atoms with Crippen LogP contribution in [0.25, 0.3) is 0 Å². The fourth-order valence-corrected chi connectivity index (χ4v) is 2.53. The third-order valence-electron chi connectivity index (χ3n) is 3.78. The number of piperazine rings is 1. The normalized spacial score (nSPS) is 16.5. The molecule has 26 heavy (non-hydrogen) atoms. The molecule has 1 aliphatic rings. The highest BCUT2D eigenvalue weighted by Crippen LogP contribution is 2.21. The van der Waals surface area contributed by atoms with Crippen molar-refractivity contribution in [1.29, 1.82) is 0 Å². The predicted molar refractivity (Wildman–Crippen MR) is 91.9 cm³/mol. The van der Waals surface area contributed by atoms with Crippen LogP contribution in [0, 0.1) is 5.82 Å². The number of nitrogens with one attached hydrogen (secondary N) is 4. The Hall–Kier alpha value is -3.17. The second-order valence-electron chi connectivity index (χ2n) is 5.68. The van der Waals surface area contributed by atoms with Crippen LogP contribution in [-0.2, 0) is 14.4 Å². The zero-order chi connectivity index (χ0) is 19.3. The predicted octanol–water partition coefficient (Wildman–Crippen LogP) is 0.253. The molecule has 0 aliphatic carbocycles. The van der Waals surface area contributed by atoms with Gasteiger partial charge in [0.05, 0.1) is 12.1 Å². The molecule has 0 unspecified atom stereocenters. The summed E-state index contributed by atoms with van der Waals surface area (Å²) in [7, 11) is 1.43. The molecule has 1 aromatic rings. The number of nitrogens with zero attached hydrogens (tertiary/aromatic N) is 1. The molecule has 0 bridgehead atoms. The van der Waals surface area contributed by atoms with E-state index in [4.69, 9.17) is 0 Å². The first-order valence-corrected chi connectivity index (χ1v) is 7.95. The SMILES string of the molecule is CNC(=O)C[C@H]1C(=O)NCCN1C(=O)Nc1cc(NC(C)=O)ccc1F. The molecule has 1 aliphatic heterocycles. The molecular weight excluding hydrogens is 345 g/mol. The fourth-order valence-electron chi connectivity index (χ4n) is 2.53. The summed E-state index contributed by atoms with van der Waals surface area (Å²) in [5.74, 6) is -1.89. The van der Waals surface area contributed by atoms with Gasteiger partial charge < -0.3 is 26.2 Å². The molecule has 1 aromatic carbocycles. The minimum atomic E-state index is -0.995. The van der Waals surface area contributed by atoms with Gasteiger partial charge in [0.15, 0.2) is 0 Å². The molecule has 9 nitrogen and oxygen atoms in total. The number of hydrogen-bond donors (Lipinski definition) is 4. The van der Waals surface area contributed by atoms with Crippen molar-refractivity contribution in [3.8, 4) is 0 Å². The van der Waals surface area contributed by atoms with E-state index in [1.54, 1.807) is 0 Å². The van der Waals surface area contributed by atoms with Crippen LogP contribution in [0.3, 0.4) is 0 Å². The lowest BCUT2D eigenvalue weighted by molar-refractivity contribution is -0.132. The quantitative estimate of drug-likeness (QED) is 0.611. The third kappa shape index (κ3) is 4.68. The van der Waals surface area contributed by atoms with Gasteiger partial charge in [-0.15, -0.1) is 0 Å². The molecule has 2 rings (SSSR count). The van der Waals surface area contributed by atoms with Crippen molar-refractivity contribution in [3.05, 3.63) is 24.0 Å². The summed E-state index contributed by atoms with van der Waals surface area (Å²) in [5, 5.41) is 9.86. The maximum absolute atomic E-state index is 14.0. The molecule has 1 atom stereocenters. The molecular formula is C16H20FN5O4. The van der Waals surface area contributed by atoms with Crippen LogP contribution in [0.2, 0.25) is 0 Å². The molecule has 140 valence electrons. The van der Waals surface area contributed by atoms with E-state index < -0.39 is 29.7 Å². The lowest BCUT2D eigenvalue weighted by Gasteiger charge is -2.34. The lowest BCUT2D eigenvalue weighted by atomic mass is 10.1. The minimum absolute atomic E-state index is 0.147. The topological polar surface area (TPSA) is 120 Å². The Morgan fingerprint density at radius 1 is 1.31 bits per heavy atom. The van der Waals surface area contributed by atoms with E-state index in [9.17, 15) is 23.6 Å². The highest BCUT2D eigenvalue weighted by Gasteiger charge is 2.34. The molecule has 0 aromatic heterocycles. The number of carbonyl (C=O) groups is 4. The number of carbonyl (C=O) groups excluding carboxylic acids is 4. The Morgan fingerprint density at radius 2 is 2.04 bits per heavy atom. The van der Waals surface area contributed by atoms with Crippen LogP contribution >= 0.6 is 0 Å². The van der Waals surface area contributed by atoms with Crippen molar-refractivity contribution >= 4 is 35.1 Å². The van der Waals surface area contributed by atoms with Crippen LogP contribution in [0.4, 0.5) is 20.6 Å². The van der Waals surface area contributed by atoms with Crippen molar-refractivity contribution in [3.63, 3.8) is 0 Å². The average molecular weight is 365 g/mol. The molecule has 0 radical (unpaired) electrons. The Labute approximate surface area is 149 Å². The van der Waals surface area contributed by atoms with Crippen molar-refractivity contribution < 1.29 is 23.6 Å². The second-order valence-corrected chi connectivity index (χ2v) is 5.68. The molecule has 1 fully saturated rings. The van der Waals surface area contributed by atoms with E-state index in [1.165, 1.54) is 31.0 Å². The van der Waals surface area contributed by atoms with Gasteiger partial charge in [0, 0.05) is 32.7 Å². The highest BCUT2D eigenvalue weighted by atomic mass is 19.1. The highest BCUT2D eigenvalue weighted by molar-refractivity contribution is 5.97. The van der Waals surface area contributed by atoms with Gasteiger partial charge in [-0.3, -0.25) is 14.4 Å². The number of hydrogen-bond acceptors (Lipinski definition) is 4. The summed E-state index contributed by atoms with van der Waals surface area (Å²) in [6.45, 7) is 1.70. The third-order valence-corrected chi connectivity index (χ3v) is 3.78. The van der Waals surface area contributed by atoms with Gasteiger partial charge in [-0.1, -0.05) is 0 Å². The van der Waals surface area contributed by atoms with Gasteiger partial charge >= 0.3 is 6.03 Å². The second kappa shape index (κ2) is 8.28. The van der Waals surface area contributed by atoms with E-state index in [2.05, 4.69) is 21.3 Å². The van der Waals surface area contributed by atoms with Crippen LogP contribution in [-0.4, -0.2) is 54.8 Å². The summed E-state index contributed by atoms with van der Waals surface area (Å²) >= 11 is 0. The summed E-state index contributed by atoms with van der Waals surface area (Å²) in [6.07, 6.45) is -0.204. The van der Waals surface area contributed by atoms with Gasteiger partial charge in [0.2, 0.25) is 17.7 Å². The zero-order valence-corrected chi connectivity index (χ0v) is 14.4.